The van der Waals surface area contributed by atoms with Crippen LogP contribution in [0.3, 0.4) is 0 Å². The third-order valence-corrected chi connectivity index (χ3v) is 3.51. The van der Waals surface area contributed by atoms with Gasteiger partial charge in [-0.25, -0.2) is 0 Å². The van der Waals surface area contributed by atoms with Gasteiger partial charge in [-0.15, -0.1) is 0 Å². The molecule has 1 aromatic carbocycles. The van der Waals surface area contributed by atoms with E-state index in [0.29, 0.717) is 18.5 Å². The number of benzene rings is 1. The fraction of sp³-hybridized carbons (Fsp3) is 0.308. The Morgan fingerprint density at radius 3 is 2.79 bits per heavy atom. The lowest BCUT2D eigenvalue weighted by atomic mass is 9.80. The molecule has 0 atom stereocenters. The number of hydrogen-bond acceptors (Lipinski definition) is 3. The first-order valence-electron chi connectivity index (χ1n) is 6.12. The van der Waals surface area contributed by atoms with Crippen molar-refractivity contribution < 1.29 is 14.7 Å². The second-order valence-electron chi connectivity index (χ2n) is 4.79. The van der Waals surface area contributed by atoms with Crippen molar-refractivity contribution in [3.05, 3.63) is 30.0 Å². The molecule has 0 bridgehead atoms. The van der Waals surface area contributed by atoms with E-state index < -0.39 is 5.97 Å². The lowest BCUT2D eigenvalue weighted by molar-refractivity contribution is -0.145. The van der Waals surface area contributed by atoms with E-state index in [1.807, 2.05) is 24.3 Å². The predicted molar refractivity (Wildman–Crippen MR) is 67.7 cm³/mol. The molecule has 1 saturated carbocycles. The lowest BCUT2D eigenvalue weighted by Crippen LogP contribution is -2.46. The molecule has 3 N–H and O–H groups in total. The van der Waals surface area contributed by atoms with Crippen molar-refractivity contribution in [2.45, 2.75) is 18.9 Å². The van der Waals surface area contributed by atoms with Crippen LogP contribution >= 0.6 is 0 Å². The van der Waals surface area contributed by atoms with Gasteiger partial charge in [0.05, 0.1) is 11.4 Å². The zero-order valence-electron chi connectivity index (χ0n) is 10.1. The van der Waals surface area contributed by atoms with Gasteiger partial charge < -0.3 is 10.4 Å². The number of hydrogen-bond donors (Lipinski definition) is 3. The number of carboxylic acids is 1. The summed E-state index contributed by atoms with van der Waals surface area (Å²) in [4.78, 5) is 22.7. The van der Waals surface area contributed by atoms with Gasteiger partial charge in [-0.3, -0.25) is 14.7 Å². The van der Waals surface area contributed by atoms with Gasteiger partial charge in [0.2, 0.25) is 0 Å². The fourth-order valence-electron chi connectivity index (χ4n) is 2.33. The predicted octanol–water partition coefficient (Wildman–Crippen LogP) is 1.16. The maximum atomic E-state index is 12.1. The van der Waals surface area contributed by atoms with Crippen LogP contribution in [-0.4, -0.2) is 33.2 Å². The minimum atomic E-state index is -0.796. The zero-order chi connectivity index (χ0) is 13.4. The van der Waals surface area contributed by atoms with Crippen molar-refractivity contribution in [1.82, 2.24) is 15.5 Å². The van der Waals surface area contributed by atoms with E-state index in [1.54, 1.807) is 0 Å². The number of carboxylic acid groups (broad SMARTS) is 1. The van der Waals surface area contributed by atoms with E-state index >= 15 is 0 Å². The monoisotopic (exact) mass is 259 g/mol. The van der Waals surface area contributed by atoms with Crippen LogP contribution in [0.25, 0.3) is 10.9 Å². The number of carbonyl (C=O) groups is 2. The minimum Gasteiger partial charge on any atom is -0.481 e. The molecule has 1 fully saturated rings. The number of fused-ring (bicyclic) bond motifs is 1. The first-order valence-corrected chi connectivity index (χ1v) is 6.12. The molecule has 1 heterocycles. The quantitative estimate of drug-likeness (QED) is 0.770. The number of amides is 1. The van der Waals surface area contributed by atoms with Crippen LogP contribution in [0.2, 0.25) is 0 Å². The molecule has 98 valence electrons. The van der Waals surface area contributed by atoms with Gasteiger partial charge in [0.25, 0.3) is 5.91 Å². The Morgan fingerprint density at radius 1 is 1.32 bits per heavy atom. The number of aromatic amines is 1. The number of H-pyrrole nitrogens is 1. The molecule has 0 radical (unpaired) electrons. The zero-order valence-corrected chi connectivity index (χ0v) is 10.1. The number of aliphatic carboxylic acids is 1. The number of carbonyl (C=O) groups excluding carboxylic acids is 1. The van der Waals surface area contributed by atoms with E-state index in [2.05, 4.69) is 15.5 Å². The fourth-order valence-corrected chi connectivity index (χ4v) is 2.33. The molecule has 6 heteroatoms. The molecule has 2 aromatic rings. The number of para-hydroxylation sites is 1. The van der Waals surface area contributed by atoms with Crippen molar-refractivity contribution >= 4 is 22.8 Å². The highest BCUT2D eigenvalue weighted by atomic mass is 16.4. The van der Waals surface area contributed by atoms with Crippen LogP contribution in [0.4, 0.5) is 0 Å². The van der Waals surface area contributed by atoms with E-state index in [1.165, 1.54) is 0 Å². The van der Waals surface area contributed by atoms with E-state index in [-0.39, 0.29) is 17.9 Å². The third-order valence-electron chi connectivity index (χ3n) is 3.51. The Labute approximate surface area is 108 Å². The summed E-state index contributed by atoms with van der Waals surface area (Å²) in [7, 11) is 0. The van der Waals surface area contributed by atoms with Gasteiger partial charge in [0, 0.05) is 11.4 Å². The number of rotatable bonds is 3. The van der Waals surface area contributed by atoms with Gasteiger partial charge >= 0.3 is 5.97 Å². The van der Waals surface area contributed by atoms with Crippen LogP contribution in [0, 0.1) is 5.92 Å². The Morgan fingerprint density at radius 2 is 2.05 bits per heavy atom. The highest BCUT2D eigenvalue weighted by molar-refractivity contribution is 6.04. The molecule has 0 unspecified atom stereocenters. The smallest absolute Gasteiger partial charge is 0.306 e. The van der Waals surface area contributed by atoms with Crippen LogP contribution in [0.5, 0.6) is 0 Å². The van der Waals surface area contributed by atoms with E-state index in [9.17, 15) is 9.59 Å². The van der Waals surface area contributed by atoms with Crippen LogP contribution in [-0.2, 0) is 4.79 Å². The van der Waals surface area contributed by atoms with Crippen molar-refractivity contribution in [1.29, 1.82) is 0 Å². The summed E-state index contributed by atoms with van der Waals surface area (Å²) in [6.07, 6.45) is 0.979. The largest absolute Gasteiger partial charge is 0.481 e. The molecule has 1 aliphatic carbocycles. The molecule has 1 aliphatic rings. The molecule has 19 heavy (non-hydrogen) atoms. The van der Waals surface area contributed by atoms with Crippen LogP contribution < -0.4 is 5.32 Å². The molecule has 0 aliphatic heterocycles. The molecule has 1 amide bonds. The van der Waals surface area contributed by atoms with Gasteiger partial charge in [-0.1, -0.05) is 18.2 Å². The van der Waals surface area contributed by atoms with E-state index in [0.717, 1.165) is 10.9 Å². The summed E-state index contributed by atoms with van der Waals surface area (Å²) in [6.45, 7) is 0. The second-order valence-corrected chi connectivity index (χ2v) is 4.79. The number of nitrogens with one attached hydrogen (secondary N) is 2. The van der Waals surface area contributed by atoms with Crippen LogP contribution in [0.15, 0.2) is 24.3 Å². The summed E-state index contributed by atoms with van der Waals surface area (Å²) in [5, 5.41) is 19.2. The first kappa shape index (κ1) is 11.7. The summed E-state index contributed by atoms with van der Waals surface area (Å²) < 4.78 is 0. The normalized spacial score (nSPS) is 21.9. The maximum absolute atomic E-state index is 12.1. The molecule has 0 spiro atoms. The first-order chi connectivity index (χ1) is 9.15. The number of aromatic nitrogens is 2. The molecular weight excluding hydrogens is 246 g/mol. The maximum Gasteiger partial charge on any atom is 0.306 e. The van der Waals surface area contributed by atoms with Crippen molar-refractivity contribution in [2.75, 3.05) is 0 Å². The Kier molecular flexibility index (Phi) is 2.70. The van der Waals surface area contributed by atoms with E-state index in [4.69, 9.17) is 5.11 Å². The number of nitrogens with zero attached hydrogens (tertiary/aromatic N) is 1. The topological polar surface area (TPSA) is 95.1 Å². The van der Waals surface area contributed by atoms with Gasteiger partial charge in [0.1, 0.15) is 0 Å². The summed E-state index contributed by atoms with van der Waals surface area (Å²) >= 11 is 0. The molecule has 1 aromatic heterocycles. The highest BCUT2D eigenvalue weighted by Gasteiger charge is 2.35. The summed E-state index contributed by atoms with van der Waals surface area (Å²) in [5.74, 6) is -1.39. The average Bonchev–Trinajstić information content (AvgIpc) is 2.76. The standard InChI is InChI=1S/C13H13N3O3/c17-12(14-8-5-7(6-8)13(18)19)11-9-3-1-2-4-10(9)15-16-11/h1-4,7-8H,5-6H2,(H,14,17)(H,15,16)(H,18,19). The second kappa shape index (κ2) is 4.38. The lowest BCUT2D eigenvalue weighted by Gasteiger charge is -2.32. The van der Waals surface area contributed by atoms with Crippen molar-refractivity contribution in [3.63, 3.8) is 0 Å². The van der Waals surface area contributed by atoms with Crippen molar-refractivity contribution in [2.24, 2.45) is 5.92 Å². The van der Waals surface area contributed by atoms with Gasteiger partial charge in [-0.2, -0.15) is 5.10 Å². The SMILES string of the molecule is O=C(NC1CC(C(=O)O)C1)c1n[nH]c2ccccc12. The van der Waals surface area contributed by atoms with Crippen molar-refractivity contribution in [3.8, 4) is 0 Å². The van der Waals surface area contributed by atoms with Gasteiger partial charge in [0.15, 0.2) is 5.69 Å². The third kappa shape index (κ3) is 2.05. The van der Waals surface area contributed by atoms with Gasteiger partial charge in [-0.05, 0) is 18.9 Å². The summed E-state index contributed by atoms with van der Waals surface area (Å²) in [6, 6.07) is 7.32. The van der Waals surface area contributed by atoms with Crippen LogP contribution in [0.1, 0.15) is 23.3 Å². The average molecular weight is 259 g/mol. The highest BCUT2D eigenvalue weighted by Crippen LogP contribution is 2.28. The Balaban J connectivity index is 1.70. The molecule has 6 nitrogen and oxygen atoms in total. The summed E-state index contributed by atoms with van der Waals surface area (Å²) in [5.41, 5.74) is 1.17. The molecule has 0 saturated heterocycles. The Hall–Kier alpha value is -2.37. The molecular formula is C13H13N3O3. The Bertz CT molecular complexity index is 643. The molecule has 3 rings (SSSR count). The minimum absolute atomic E-state index is 0.0657.